The van der Waals surface area contributed by atoms with Gasteiger partial charge in [-0.3, -0.25) is 0 Å². The number of hydrogen-bond donors (Lipinski definition) is 0. The molecule has 0 aliphatic carbocycles. The van der Waals surface area contributed by atoms with Crippen LogP contribution in [0.15, 0.2) is 83.4 Å². The van der Waals surface area contributed by atoms with E-state index in [1.54, 1.807) is 17.8 Å². The lowest BCUT2D eigenvalue weighted by atomic mass is 10.2. The van der Waals surface area contributed by atoms with Gasteiger partial charge in [-0.2, -0.15) is 0 Å². The lowest BCUT2D eigenvalue weighted by molar-refractivity contribution is 0.296. The molecule has 0 unspecified atom stereocenters. The minimum Gasteiger partial charge on any atom is -0.496 e. The number of nitrogens with zero attached hydrogens (tertiary/aromatic N) is 3. The number of ether oxygens (including phenoxy) is 3. The molecule has 7 nitrogen and oxygen atoms in total. The maximum absolute atomic E-state index is 6.23. The fourth-order valence-electron chi connectivity index (χ4n) is 3.87. The molecule has 0 saturated heterocycles. The van der Waals surface area contributed by atoms with Crippen molar-refractivity contribution in [2.24, 2.45) is 0 Å². The van der Waals surface area contributed by atoms with Crippen LogP contribution in [0.2, 0.25) is 4.47 Å². The maximum Gasteiger partial charge on any atom is 0.213 e. The highest BCUT2D eigenvalue weighted by atomic mass is 35.5. The molecule has 3 aromatic heterocycles. The summed E-state index contributed by atoms with van der Waals surface area (Å²) in [5, 5.41) is 5.02. The Morgan fingerprint density at radius 2 is 1.75 bits per heavy atom. The van der Waals surface area contributed by atoms with Gasteiger partial charge in [0.15, 0.2) is 5.76 Å². The molecule has 3 heterocycles. The molecule has 9 heteroatoms. The first kappa shape index (κ1) is 22.5. The van der Waals surface area contributed by atoms with Crippen LogP contribution in [-0.4, -0.2) is 21.7 Å². The summed E-state index contributed by atoms with van der Waals surface area (Å²) in [7, 11) is 1.61. The van der Waals surface area contributed by atoms with Gasteiger partial charge in [0, 0.05) is 12.1 Å². The third-order valence-corrected chi connectivity index (χ3v) is 6.64. The standard InChI is InChI=1S/C27H20ClN3O4S/c1-32-20-11-23(34-16-18-8-5-9-19(10-18)33-15-17-6-3-2-4-7-17)21-13-25(35-24(21)12-20)22-14-31-27(29-22)36-26(28)30-31/h2-14H,15-16H2,1H3. The van der Waals surface area contributed by atoms with Crippen LogP contribution < -0.4 is 14.2 Å². The van der Waals surface area contributed by atoms with Gasteiger partial charge in [0.05, 0.1) is 18.7 Å². The topological polar surface area (TPSA) is 71.0 Å². The van der Waals surface area contributed by atoms with Crippen molar-refractivity contribution in [1.82, 2.24) is 14.6 Å². The van der Waals surface area contributed by atoms with Crippen molar-refractivity contribution in [3.63, 3.8) is 0 Å². The van der Waals surface area contributed by atoms with Gasteiger partial charge in [0.25, 0.3) is 0 Å². The molecule has 0 radical (unpaired) electrons. The van der Waals surface area contributed by atoms with Crippen LogP contribution in [0, 0.1) is 0 Å². The number of aromatic nitrogens is 3. The molecular formula is C27H20ClN3O4S. The smallest absolute Gasteiger partial charge is 0.213 e. The Hall–Kier alpha value is -4.01. The molecule has 36 heavy (non-hydrogen) atoms. The zero-order chi connectivity index (χ0) is 24.5. The van der Waals surface area contributed by atoms with Gasteiger partial charge in [-0.1, -0.05) is 53.8 Å². The van der Waals surface area contributed by atoms with E-state index < -0.39 is 0 Å². The fourth-order valence-corrected chi connectivity index (χ4v) is 4.77. The van der Waals surface area contributed by atoms with E-state index in [1.807, 2.05) is 72.8 Å². The normalized spacial score (nSPS) is 11.3. The highest BCUT2D eigenvalue weighted by Crippen LogP contribution is 2.37. The molecular weight excluding hydrogens is 498 g/mol. The number of benzene rings is 3. The van der Waals surface area contributed by atoms with Crippen LogP contribution in [0.25, 0.3) is 27.4 Å². The molecule has 0 atom stereocenters. The van der Waals surface area contributed by atoms with Gasteiger partial charge >= 0.3 is 0 Å². The van der Waals surface area contributed by atoms with Crippen LogP contribution in [0.3, 0.4) is 0 Å². The van der Waals surface area contributed by atoms with E-state index in [0.717, 1.165) is 22.3 Å². The maximum atomic E-state index is 6.23. The molecule has 0 N–H and O–H groups in total. The van der Waals surface area contributed by atoms with Gasteiger partial charge in [-0.25, -0.2) is 9.50 Å². The molecule has 0 amide bonds. The summed E-state index contributed by atoms with van der Waals surface area (Å²) in [6.07, 6.45) is 1.79. The molecule has 0 saturated carbocycles. The Labute approximate surface area is 215 Å². The van der Waals surface area contributed by atoms with Crippen LogP contribution in [-0.2, 0) is 13.2 Å². The third-order valence-electron chi connectivity index (χ3n) is 5.62. The highest BCUT2D eigenvalue weighted by Gasteiger charge is 2.17. The Bertz CT molecular complexity index is 1630. The molecule has 6 rings (SSSR count). The molecule has 0 aliphatic heterocycles. The number of rotatable bonds is 8. The Balaban J connectivity index is 1.23. The number of fused-ring (bicyclic) bond motifs is 2. The predicted molar refractivity (Wildman–Crippen MR) is 139 cm³/mol. The molecule has 6 aromatic rings. The van der Waals surface area contributed by atoms with Crippen molar-refractivity contribution in [2.75, 3.05) is 7.11 Å². The number of halogens is 1. The van der Waals surface area contributed by atoms with E-state index >= 15 is 0 Å². The molecule has 0 fully saturated rings. The summed E-state index contributed by atoms with van der Waals surface area (Å²) >= 11 is 7.27. The SMILES string of the molecule is COc1cc(OCc2cccc(OCc3ccccc3)c2)c2cc(-c3cn4nc(Cl)sc4n3)oc2c1. The molecule has 0 aliphatic rings. The van der Waals surface area contributed by atoms with Crippen molar-refractivity contribution < 1.29 is 18.6 Å². The average molecular weight is 518 g/mol. The first-order chi connectivity index (χ1) is 17.6. The van der Waals surface area contributed by atoms with Crippen LogP contribution in [0.5, 0.6) is 17.2 Å². The fraction of sp³-hybridized carbons (Fsp3) is 0.111. The zero-order valence-corrected chi connectivity index (χ0v) is 20.8. The summed E-state index contributed by atoms with van der Waals surface area (Å²) in [6.45, 7) is 0.862. The Morgan fingerprint density at radius 1 is 0.917 bits per heavy atom. The van der Waals surface area contributed by atoms with Crippen molar-refractivity contribution in [3.05, 3.63) is 94.6 Å². The van der Waals surface area contributed by atoms with Crippen LogP contribution >= 0.6 is 22.9 Å². The van der Waals surface area contributed by atoms with E-state index in [4.69, 9.17) is 30.2 Å². The monoisotopic (exact) mass is 517 g/mol. The number of imidazole rings is 1. The molecule has 0 spiro atoms. The van der Waals surface area contributed by atoms with E-state index in [9.17, 15) is 0 Å². The van der Waals surface area contributed by atoms with Crippen molar-refractivity contribution in [2.45, 2.75) is 13.2 Å². The van der Waals surface area contributed by atoms with E-state index in [2.05, 4.69) is 10.1 Å². The number of methoxy groups -OCH3 is 1. The van der Waals surface area contributed by atoms with Gasteiger partial charge < -0.3 is 18.6 Å². The van der Waals surface area contributed by atoms with E-state index in [-0.39, 0.29) is 0 Å². The van der Waals surface area contributed by atoms with Crippen molar-refractivity contribution >= 4 is 38.9 Å². The van der Waals surface area contributed by atoms with Crippen molar-refractivity contribution in [1.29, 1.82) is 0 Å². The van der Waals surface area contributed by atoms with E-state index in [1.165, 1.54) is 11.3 Å². The van der Waals surface area contributed by atoms with Crippen molar-refractivity contribution in [3.8, 4) is 28.7 Å². The lowest BCUT2D eigenvalue weighted by Crippen LogP contribution is -1.99. The third kappa shape index (κ3) is 4.60. The first-order valence-electron chi connectivity index (χ1n) is 11.2. The summed E-state index contributed by atoms with van der Waals surface area (Å²) in [5.41, 5.74) is 3.40. The summed E-state index contributed by atoms with van der Waals surface area (Å²) < 4.78 is 25.8. The summed E-state index contributed by atoms with van der Waals surface area (Å²) in [6, 6.07) is 23.6. The first-order valence-corrected chi connectivity index (χ1v) is 12.4. The molecule has 180 valence electrons. The second kappa shape index (κ2) is 9.56. The minimum atomic E-state index is 0.355. The van der Waals surface area contributed by atoms with Gasteiger partial charge in [-0.05, 0) is 40.9 Å². The minimum absolute atomic E-state index is 0.355. The second-order valence-electron chi connectivity index (χ2n) is 8.07. The summed E-state index contributed by atoms with van der Waals surface area (Å²) in [4.78, 5) is 5.26. The van der Waals surface area contributed by atoms with Gasteiger partial charge in [-0.15, -0.1) is 5.10 Å². The van der Waals surface area contributed by atoms with E-state index in [0.29, 0.717) is 51.2 Å². The number of hydrogen-bond acceptors (Lipinski definition) is 7. The predicted octanol–water partition coefficient (Wildman–Crippen LogP) is 7.02. The molecule has 3 aromatic carbocycles. The second-order valence-corrected chi connectivity index (χ2v) is 9.60. The average Bonchev–Trinajstić information content (AvgIpc) is 3.59. The van der Waals surface area contributed by atoms with Gasteiger partial charge in [0.1, 0.15) is 41.7 Å². The lowest BCUT2D eigenvalue weighted by Gasteiger charge is -2.11. The number of furan rings is 1. The van der Waals surface area contributed by atoms with Gasteiger partial charge in [0.2, 0.25) is 9.43 Å². The zero-order valence-electron chi connectivity index (χ0n) is 19.2. The highest BCUT2D eigenvalue weighted by molar-refractivity contribution is 7.20. The Kier molecular flexibility index (Phi) is 5.96. The molecule has 0 bridgehead atoms. The van der Waals surface area contributed by atoms with Crippen LogP contribution in [0.4, 0.5) is 0 Å². The quantitative estimate of drug-likeness (QED) is 0.216. The largest absolute Gasteiger partial charge is 0.496 e. The van der Waals surface area contributed by atoms with Crippen LogP contribution in [0.1, 0.15) is 11.1 Å². The Morgan fingerprint density at radius 3 is 2.58 bits per heavy atom. The summed E-state index contributed by atoms with van der Waals surface area (Å²) in [5.74, 6) is 2.68.